The summed E-state index contributed by atoms with van der Waals surface area (Å²) in [5, 5.41) is 8.97. The minimum Gasteiger partial charge on any atom is -0.481 e. The second kappa shape index (κ2) is 5.75. The zero-order valence-electron chi connectivity index (χ0n) is 9.47. The van der Waals surface area contributed by atoms with E-state index in [2.05, 4.69) is 0 Å². The van der Waals surface area contributed by atoms with Gasteiger partial charge in [-0.3, -0.25) is 9.59 Å². The Labute approximate surface area is 97.9 Å². The molecule has 0 aliphatic heterocycles. The van der Waals surface area contributed by atoms with Crippen LogP contribution in [0.2, 0.25) is 0 Å². The predicted molar refractivity (Wildman–Crippen MR) is 56.6 cm³/mol. The average Bonchev–Trinajstić information content (AvgIpc) is 2.27. The van der Waals surface area contributed by atoms with Crippen molar-refractivity contribution in [1.82, 2.24) is 4.90 Å². The van der Waals surface area contributed by atoms with Gasteiger partial charge in [0.1, 0.15) is 0 Å². The van der Waals surface area contributed by atoms with Gasteiger partial charge in [0.2, 0.25) is 5.91 Å². The minimum atomic E-state index is -2.61. The van der Waals surface area contributed by atoms with Gasteiger partial charge in [0.05, 0.1) is 18.4 Å². The van der Waals surface area contributed by atoms with Crippen LogP contribution in [0.5, 0.6) is 0 Å². The van der Waals surface area contributed by atoms with E-state index in [0.29, 0.717) is 6.42 Å². The SMILES string of the molecule is CN(CC(F)F)C(=O)[C@@H]1CC=CC[C@@H]1C(=O)O. The molecule has 0 spiro atoms. The summed E-state index contributed by atoms with van der Waals surface area (Å²) in [6.45, 7) is -0.661. The molecule has 2 atom stereocenters. The molecule has 1 aliphatic carbocycles. The number of carboxylic acids is 1. The van der Waals surface area contributed by atoms with Gasteiger partial charge in [0.15, 0.2) is 0 Å². The van der Waals surface area contributed by atoms with E-state index in [0.717, 1.165) is 4.90 Å². The van der Waals surface area contributed by atoms with Gasteiger partial charge in [0.25, 0.3) is 6.43 Å². The molecular formula is C11H15F2NO3. The highest BCUT2D eigenvalue weighted by Gasteiger charge is 2.35. The monoisotopic (exact) mass is 247 g/mol. The molecule has 6 heteroatoms. The zero-order chi connectivity index (χ0) is 13.0. The molecule has 1 N–H and O–H groups in total. The smallest absolute Gasteiger partial charge is 0.307 e. The first kappa shape index (κ1) is 13.6. The Morgan fingerprint density at radius 1 is 1.35 bits per heavy atom. The van der Waals surface area contributed by atoms with Crippen LogP contribution in [0.3, 0.4) is 0 Å². The average molecular weight is 247 g/mol. The van der Waals surface area contributed by atoms with Crippen molar-refractivity contribution >= 4 is 11.9 Å². The highest BCUT2D eigenvalue weighted by Crippen LogP contribution is 2.27. The Bertz CT molecular complexity index is 331. The first-order valence-corrected chi connectivity index (χ1v) is 5.34. The third kappa shape index (κ3) is 3.51. The van der Waals surface area contributed by atoms with E-state index in [1.807, 2.05) is 0 Å². The van der Waals surface area contributed by atoms with Gasteiger partial charge >= 0.3 is 5.97 Å². The number of alkyl halides is 2. The normalized spacial score (nSPS) is 23.8. The Kier molecular flexibility index (Phi) is 4.60. The third-order valence-electron chi connectivity index (χ3n) is 2.85. The van der Waals surface area contributed by atoms with Gasteiger partial charge < -0.3 is 10.0 Å². The van der Waals surface area contributed by atoms with Crippen LogP contribution in [-0.4, -0.2) is 41.9 Å². The van der Waals surface area contributed by atoms with E-state index in [1.54, 1.807) is 12.2 Å². The van der Waals surface area contributed by atoms with E-state index >= 15 is 0 Å². The maximum atomic E-state index is 12.1. The number of amides is 1. The molecule has 1 rings (SSSR count). The first-order chi connectivity index (χ1) is 7.93. The van der Waals surface area contributed by atoms with Crippen LogP contribution in [0.15, 0.2) is 12.2 Å². The van der Waals surface area contributed by atoms with Crippen molar-refractivity contribution in [3.8, 4) is 0 Å². The lowest BCUT2D eigenvalue weighted by molar-refractivity contribution is -0.150. The largest absolute Gasteiger partial charge is 0.481 e. The zero-order valence-corrected chi connectivity index (χ0v) is 9.47. The molecule has 17 heavy (non-hydrogen) atoms. The second-order valence-corrected chi connectivity index (χ2v) is 4.10. The van der Waals surface area contributed by atoms with Crippen LogP contribution < -0.4 is 0 Å². The second-order valence-electron chi connectivity index (χ2n) is 4.10. The molecule has 0 saturated carbocycles. The molecular weight excluding hydrogens is 232 g/mol. The number of nitrogens with zero attached hydrogens (tertiary/aromatic N) is 1. The van der Waals surface area contributed by atoms with Crippen molar-refractivity contribution in [2.75, 3.05) is 13.6 Å². The lowest BCUT2D eigenvalue weighted by Crippen LogP contribution is -2.41. The van der Waals surface area contributed by atoms with Crippen LogP contribution in [0, 0.1) is 11.8 Å². The molecule has 0 aromatic carbocycles. The van der Waals surface area contributed by atoms with Crippen molar-refractivity contribution in [1.29, 1.82) is 0 Å². The summed E-state index contributed by atoms with van der Waals surface area (Å²) in [7, 11) is 1.27. The van der Waals surface area contributed by atoms with Crippen molar-refractivity contribution in [2.24, 2.45) is 11.8 Å². The fourth-order valence-electron chi connectivity index (χ4n) is 1.94. The third-order valence-corrected chi connectivity index (χ3v) is 2.85. The van der Waals surface area contributed by atoms with Gasteiger partial charge in [-0.2, -0.15) is 0 Å². The van der Waals surface area contributed by atoms with Crippen molar-refractivity contribution in [3.63, 3.8) is 0 Å². The Morgan fingerprint density at radius 2 is 1.88 bits per heavy atom. The van der Waals surface area contributed by atoms with Crippen molar-refractivity contribution < 1.29 is 23.5 Å². The summed E-state index contributed by atoms with van der Waals surface area (Å²) in [5.41, 5.74) is 0. The number of carbonyl (C=O) groups excluding carboxylic acids is 1. The van der Waals surface area contributed by atoms with E-state index in [4.69, 9.17) is 5.11 Å². The fraction of sp³-hybridized carbons (Fsp3) is 0.636. The van der Waals surface area contributed by atoms with Crippen LogP contribution in [-0.2, 0) is 9.59 Å². The minimum absolute atomic E-state index is 0.272. The molecule has 4 nitrogen and oxygen atoms in total. The molecule has 0 radical (unpaired) electrons. The number of hydrogen-bond acceptors (Lipinski definition) is 2. The number of hydrogen-bond donors (Lipinski definition) is 1. The van der Waals surface area contributed by atoms with Crippen LogP contribution in [0.25, 0.3) is 0 Å². The maximum absolute atomic E-state index is 12.1. The quantitative estimate of drug-likeness (QED) is 0.763. The van der Waals surface area contributed by atoms with Gasteiger partial charge in [-0.05, 0) is 12.8 Å². The fourth-order valence-corrected chi connectivity index (χ4v) is 1.94. The van der Waals surface area contributed by atoms with E-state index < -0.39 is 36.7 Å². The Morgan fingerprint density at radius 3 is 2.35 bits per heavy atom. The van der Waals surface area contributed by atoms with E-state index in [-0.39, 0.29) is 6.42 Å². The van der Waals surface area contributed by atoms with Gasteiger partial charge in [-0.1, -0.05) is 12.2 Å². The number of aliphatic carboxylic acids is 1. The van der Waals surface area contributed by atoms with Crippen molar-refractivity contribution in [3.05, 3.63) is 12.2 Å². The molecule has 1 amide bonds. The predicted octanol–water partition coefficient (Wildman–Crippen LogP) is 1.38. The summed E-state index contributed by atoms with van der Waals surface area (Å²) >= 11 is 0. The van der Waals surface area contributed by atoms with Crippen LogP contribution >= 0.6 is 0 Å². The number of allylic oxidation sites excluding steroid dienone is 2. The lowest BCUT2D eigenvalue weighted by Gasteiger charge is -2.28. The summed E-state index contributed by atoms with van der Waals surface area (Å²) in [6.07, 6.45) is 1.39. The Hall–Kier alpha value is -1.46. The number of carboxylic acid groups (broad SMARTS) is 1. The molecule has 0 unspecified atom stereocenters. The highest BCUT2D eigenvalue weighted by atomic mass is 19.3. The number of rotatable bonds is 4. The summed E-state index contributed by atoms with van der Waals surface area (Å²) < 4.78 is 24.3. The molecule has 0 saturated heterocycles. The van der Waals surface area contributed by atoms with E-state index in [1.165, 1.54) is 7.05 Å². The number of carbonyl (C=O) groups is 2. The molecule has 0 aromatic rings. The topological polar surface area (TPSA) is 57.6 Å². The van der Waals surface area contributed by atoms with Crippen LogP contribution in [0.4, 0.5) is 8.78 Å². The van der Waals surface area contributed by atoms with Gasteiger partial charge in [-0.25, -0.2) is 8.78 Å². The summed E-state index contributed by atoms with van der Waals surface area (Å²) in [6, 6.07) is 0. The molecule has 96 valence electrons. The maximum Gasteiger partial charge on any atom is 0.307 e. The molecule has 0 aromatic heterocycles. The highest BCUT2D eigenvalue weighted by molar-refractivity contribution is 5.85. The Balaban J connectivity index is 2.72. The van der Waals surface area contributed by atoms with Crippen LogP contribution in [0.1, 0.15) is 12.8 Å². The summed E-state index contributed by atoms with van der Waals surface area (Å²) in [4.78, 5) is 23.7. The standard InChI is InChI=1S/C11H15F2NO3/c1-14(6-9(12)13)10(15)7-4-2-3-5-8(7)11(16)17/h2-3,7-9H,4-6H2,1H3,(H,16,17)/t7-,8+/m1/s1. The van der Waals surface area contributed by atoms with Crippen molar-refractivity contribution in [2.45, 2.75) is 19.3 Å². The molecule has 1 aliphatic rings. The van der Waals surface area contributed by atoms with Gasteiger partial charge in [-0.15, -0.1) is 0 Å². The lowest BCUT2D eigenvalue weighted by atomic mass is 9.82. The van der Waals surface area contributed by atoms with E-state index in [9.17, 15) is 18.4 Å². The molecule has 0 bridgehead atoms. The first-order valence-electron chi connectivity index (χ1n) is 5.34. The van der Waals surface area contributed by atoms with Gasteiger partial charge in [0, 0.05) is 7.05 Å². The number of halogens is 2. The summed E-state index contributed by atoms with van der Waals surface area (Å²) in [5.74, 6) is -3.13. The molecule has 0 heterocycles. The molecule has 0 fully saturated rings.